The summed E-state index contributed by atoms with van der Waals surface area (Å²) in [5.74, 6) is 1.82. The van der Waals surface area contributed by atoms with Crippen LogP contribution in [-0.2, 0) is 0 Å². The Morgan fingerprint density at radius 3 is 2.07 bits per heavy atom. The Labute approximate surface area is 170 Å². The van der Waals surface area contributed by atoms with Crippen molar-refractivity contribution in [2.75, 3.05) is 47.5 Å². The van der Waals surface area contributed by atoms with Gasteiger partial charge in [-0.15, -0.1) is 0 Å². The molecule has 7 heteroatoms. The zero-order valence-electron chi connectivity index (χ0n) is 15.7. The SMILES string of the molecule is COc1cc(C(c2ccc(Cl)cc2Cl)N2CCNCC2)cc(OC)c1OC. The summed E-state index contributed by atoms with van der Waals surface area (Å²) >= 11 is 12.7. The van der Waals surface area contributed by atoms with E-state index in [2.05, 4.69) is 10.2 Å². The minimum Gasteiger partial charge on any atom is -0.493 e. The molecule has 2 aromatic rings. The van der Waals surface area contributed by atoms with E-state index in [0.29, 0.717) is 27.3 Å². The van der Waals surface area contributed by atoms with Gasteiger partial charge in [0.05, 0.1) is 27.4 Å². The second-order valence-corrected chi connectivity index (χ2v) is 7.16. The molecule has 1 N–H and O–H groups in total. The number of benzene rings is 2. The monoisotopic (exact) mass is 410 g/mol. The van der Waals surface area contributed by atoms with Crippen LogP contribution in [0.3, 0.4) is 0 Å². The molecule has 0 radical (unpaired) electrons. The van der Waals surface area contributed by atoms with Crippen molar-refractivity contribution in [1.82, 2.24) is 10.2 Å². The van der Waals surface area contributed by atoms with Gasteiger partial charge in [0, 0.05) is 36.2 Å². The van der Waals surface area contributed by atoms with Gasteiger partial charge in [0.2, 0.25) is 5.75 Å². The number of rotatable bonds is 6. The lowest BCUT2D eigenvalue weighted by atomic mass is 9.95. The van der Waals surface area contributed by atoms with Gasteiger partial charge in [-0.25, -0.2) is 0 Å². The predicted molar refractivity (Wildman–Crippen MR) is 109 cm³/mol. The predicted octanol–water partition coefficient (Wildman–Crippen LogP) is 4.01. The van der Waals surface area contributed by atoms with Gasteiger partial charge in [-0.05, 0) is 35.4 Å². The first kappa shape index (κ1) is 20.1. The lowest BCUT2D eigenvalue weighted by molar-refractivity contribution is 0.197. The van der Waals surface area contributed by atoms with Gasteiger partial charge in [0.1, 0.15) is 0 Å². The molecule has 27 heavy (non-hydrogen) atoms. The molecule has 0 bridgehead atoms. The lowest BCUT2D eigenvalue weighted by Gasteiger charge is -2.36. The highest BCUT2D eigenvalue weighted by Crippen LogP contribution is 2.43. The number of methoxy groups -OCH3 is 3. The maximum Gasteiger partial charge on any atom is 0.203 e. The van der Waals surface area contributed by atoms with Crippen LogP contribution in [0.25, 0.3) is 0 Å². The second-order valence-electron chi connectivity index (χ2n) is 6.31. The third kappa shape index (κ3) is 4.27. The number of hydrogen-bond acceptors (Lipinski definition) is 5. The Hall–Kier alpha value is -1.66. The zero-order valence-corrected chi connectivity index (χ0v) is 17.2. The van der Waals surface area contributed by atoms with Crippen molar-refractivity contribution in [3.05, 3.63) is 51.5 Å². The van der Waals surface area contributed by atoms with Crippen molar-refractivity contribution in [2.45, 2.75) is 6.04 Å². The van der Waals surface area contributed by atoms with Crippen LogP contribution >= 0.6 is 23.2 Å². The number of piperazine rings is 1. The molecule has 5 nitrogen and oxygen atoms in total. The van der Waals surface area contributed by atoms with E-state index in [9.17, 15) is 0 Å². The van der Waals surface area contributed by atoms with E-state index in [-0.39, 0.29) is 6.04 Å². The fourth-order valence-electron chi connectivity index (χ4n) is 3.51. The average Bonchev–Trinajstić information content (AvgIpc) is 2.69. The average molecular weight is 411 g/mol. The van der Waals surface area contributed by atoms with Crippen LogP contribution in [0.15, 0.2) is 30.3 Å². The molecule has 146 valence electrons. The van der Waals surface area contributed by atoms with Gasteiger partial charge in [0.25, 0.3) is 0 Å². The summed E-state index contributed by atoms with van der Waals surface area (Å²) in [4.78, 5) is 2.40. The molecule has 1 aliphatic rings. The van der Waals surface area contributed by atoms with Gasteiger partial charge in [-0.3, -0.25) is 4.90 Å². The van der Waals surface area contributed by atoms with Crippen molar-refractivity contribution in [3.63, 3.8) is 0 Å². The van der Waals surface area contributed by atoms with E-state index in [1.165, 1.54) is 0 Å². The molecule has 1 heterocycles. The molecule has 0 aliphatic carbocycles. The smallest absolute Gasteiger partial charge is 0.203 e. The van der Waals surface area contributed by atoms with Gasteiger partial charge in [0.15, 0.2) is 11.5 Å². The summed E-state index contributed by atoms with van der Waals surface area (Å²) in [6.45, 7) is 3.65. The Morgan fingerprint density at radius 2 is 1.56 bits per heavy atom. The fourth-order valence-corrected chi connectivity index (χ4v) is 4.02. The van der Waals surface area contributed by atoms with Gasteiger partial charge in [-0.1, -0.05) is 29.3 Å². The largest absolute Gasteiger partial charge is 0.493 e. The maximum atomic E-state index is 6.59. The number of hydrogen-bond donors (Lipinski definition) is 1. The first-order valence-corrected chi connectivity index (χ1v) is 9.54. The number of ether oxygens (including phenoxy) is 3. The Kier molecular flexibility index (Phi) is 6.71. The molecule has 1 aliphatic heterocycles. The van der Waals surface area contributed by atoms with Crippen molar-refractivity contribution in [1.29, 1.82) is 0 Å². The summed E-state index contributed by atoms with van der Waals surface area (Å²) in [5, 5.41) is 4.65. The Morgan fingerprint density at radius 1 is 0.926 bits per heavy atom. The normalized spacial score (nSPS) is 16.0. The number of nitrogens with zero attached hydrogens (tertiary/aromatic N) is 1. The summed E-state index contributed by atoms with van der Waals surface area (Å²) in [5.41, 5.74) is 2.02. The number of halogens is 2. The summed E-state index contributed by atoms with van der Waals surface area (Å²) in [7, 11) is 4.84. The molecule has 0 spiro atoms. The van der Waals surface area contributed by atoms with Crippen molar-refractivity contribution >= 4 is 23.2 Å². The molecular formula is C20H24Cl2N2O3. The van der Waals surface area contributed by atoms with Crippen molar-refractivity contribution in [2.24, 2.45) is 0 Å². The van der Waals surface area contributed by atoms with E-state index in [4.69, 9.17) is 37.4 Å². The fraction of sp³-hybridized carbons (Fsp3) is 0.400. The van der Waals surface area contributed by atoms with Crippen molar-refractivity contribution in [3.8, 4) is 17.2 Å². The van der Waals surface area contributed by atoms with Crippen LogP contribution in [0.5, 0.6) is 17.2 Å². The minimum atomic E-state index is -0.0504. The highest BCUT2D eigenvalue weighted by atomic mass is 35.5. The van der Waals surface area contributed by atoms with Crippen LogP contribution < -0.4 is 19.5 Å². The van der Waals surface area contributed by atoms with E-state index in [1.54, 1.807) is 27.4 Å². The molecule has 0 aromatic heterocycles. The summed E-state index contributed by atoms with van der Waals surface area (Å²) in [6, 6.07) is 9.56. The number of nitrogens with one attached hydrogen (secondary N) is 1. The molecule has 1 fully saturated rings. The molecular weight excluding hydrogens is 387 g/mol. The standard InChI is InChI=1S/C20H24Cl2N2O3/c1-25-17-10-13(11-18(26-2)20(17)27-3)19(24-8-6-23-7-9-24)15-5-4-14(21)12-16(15)22/h4-5,10-12,19,23H,6-9H2,1-3H3. The first-order valence-electron chi connectivity index (χ1n) is 8.78. The first-order chi connectivity index (χ1) is 13.1. The Bertz CT molecular complexity index is 770. The summed E-state index contributed by atoms with van der Waals surface area (Å²) in [6.07, 6.45) is 0. The van der Waals surface area contributed by atoms with E-state index in [1.807, 2.05) is 24.3 Å². The van der Waals surface area contributed by atoms with Crippen LogP contribution in [0.1, 0.15) is 17.2 Å². The lowest BCUT2D eigenvalue weighted by Crippen LogP contribution is -2.45. The molecule has 0 amide bonds. The highest BCUT2D eigenvalue weighted by molar-refractivity contribution is 6.35. The maximum absolute atomic E-state index is 6.59. The third-order valence-corrected chi connectivity index (χ3v) is 5.34. The zero-order chi connectivity index (χ0) is 19.4. The second kappa shape index (κ2) is 9.02. The highest BCUT2D eigenvalue weighted by Gasteiger charge is 2.28. The minimum absolute atomic E-state index is 0.0504. The molecule has 1 unspecified atom stereocenters. The quantitative estimate of drug-likeness (QED) is 0.778. The van der Waals surface area contributed by atoms with Crippen LogP contribution in [-0.4, -0.2) is 52.4 Å². The topological polar surface area (TPSA) is 43.0 Å². The van der Waals surface area contributed by atoms with Crippen LogP contribution in [0, 0.1) is 0 Å². The molecule has 3 rings (SSSR count). The van der Waals surface area contributed by atoms with E-state index in [0.717, 1.165) is 37.3 Å². The van der Waals surface area contributed by atoms with Gasteiger partial charge >= 0.3 is 0 Å². The van der Waals surface area contributed by atoms with Crippen molar-refractivity contribution < 1.29 is 14.2 Å². The van der Waals surface area contributed by atoms with Gasteiger partial charge < -0.3 is 19.5 Å². The Balaban J connectivity index is 2.15. The third-order valence-electron chi connectivity index (χ3n) is 4.78. The molecule has 1 atom stereocenters. The van der Waals surface area contributed by atoms with Crippen LogP contribution in [0.4, 0.5) is 0 Å². The summed E-state index contributed by atoms with van der Waals surface area (Å²) < 4.78 is 16.6. The molecule has 0 saturated carbocycles. The van der Waals surface area contributed by atoms with E-state index >= 15 is 0 Å². The molecule has 1 saturated heterocycles. The van der Waals surface area contributed by atoms with Gasteiger partial charge in [-0.2, -0.15) is 0 Å². The van der Waals surface area contributed by atoms with Crippen LogP contribution in [0.2, 0.25) is 10.0 Å². The molecule has 2 aromatic carbocycles. The van der Waals surface area contributed by atoms with E-state index < -0.39 is 0 Å².